The molecule has 0 aromatic rings. The summed E-state index contributed by atoms with van der Waals surface area (Å²) in [5.41, 5.74) is -1.35. The number of hydrogen-bond donors (Lipinski definition) is 2. The number of aliphatic hydroxyl groups excluding tert-OH is 1. The van der Waals surface area contributed by atoms with E-state index >= 15 is 0 Å². The van der Waals surface area contributed by atoms with Crippen molar-refractivity contribution in [1.29, 1.82) is 0 Å². The average Bonchev–Trinajstić information content (AvgIpc) is 2.68. The van der Waals surface area contributed by atoms with Crippen LogP contribution >= 0.6 is 0 Å². The van der Waals surface area contributed by atoms with Crippen molar-refractivity contribution in [2.75, 3.05) is 0 Å². The van der Waals surface area contributed by atoms with Gasteiger partial charge in [-0.15, -0.1) is 0 Å². The summed E-state index contributed by atoms with van der Waals surface area (Å²) in [5, 5.41) is 20.9. The van der Waals surface area contributed by atoms with Gasteiger partial charge in [0.15, 0.2) is 0 Å². The van der Waals surface area contributed by atoms with E-state index < -0.39 is 17.5 Å². The van der Waals surface area contributed by atoms with Crippen LogP contribution < -0.4 is 0 Å². The molecular weight excluding hydrogens is 304 g/mol. The Hall–Kier alpha value is -0.900. The molecule has 4 fully saturated rings. The Morgan fingerprint density at radius 3 is 2.58 bits per heavy atom. The third-order valence-electron chi connectivity index (χ3n) is 8.82. The molecule has 24 heavy (non-hydrogen) atoms. The number of carbonyl (C=O) groups is 2. The Morgan fingerprint density at radius 2 is 1.92 bits per heavy atom. The Balaban J connectivity index is 1.82. The lowest BCUT2D eigenvalue weighted by Crippen LogP contribution is -2.62. The maximum absolute atomic E-state index is 13.2. The topological polar surface area (TPSA) is 74.6 Å². The highest BCUT2D eigenvalue weighted by molar-refractivity contribution is 5.90. The van der Waals surface area contributed by atoms with Crippen LogP contribution in [0.1, 0.15) is 65.7 Å². The third kappa shape index (κ3) is 1.73. The normalized spacial score (nSPS) is 56.5. The highest BCUT2D eigenvalue weighted by atomic mass is 16.4. The van der Waals surface area contributed by atoms with Crippen molar-refractivity contribution in [3.63, 3.8) is 0 Å². The average molecular weight is 334 g/mol. The molecule has 4 aliphatic rings. The van der Waals surface area contributed by atoms with Gasteiger partial charge in [-0.1, -0.05) is 20.3 Å². The predicted molar refractivity (Wildman–Crippen MR) is 89.2 cm³/mol. The number of aliphatic hydroxyl groups is 1. The van der Waals surface area contributed by atoms with Gasteiger partial charge in [-0.2, -0.15) is 0 Å². The highest BCUT2D eigenvalue weighted by Gasteiger charge is 2.70. The highest BCUT2D eigenvalue weighted by Crippen LogP contribution is 2.71. The lowest BCUT2D eigenvalue weighted by molar-refractivity contribution is -0.199. The van der Waals surface area contributed by atoms with E-state index in [1.54, 1.807) is 0 Å². The zero-order valence-corrected chi connectivity index (χ0v) is 15.0. The van der Waals surface area contributed by atoms with E-state index in [0.29, 0.717) is 24.5 Å². The zero-order valence-electron chi connectivity index (χ0n) is 15.0. The van der Waals surface area contributed by atoms with Crippen molar-refractivity contribution >= 4 is 11.8 Å². The minimum absolute atomic E-state index is 0.0549. The summed E-state index contributed by atoms with van der Waals surface area (Å²) < 4.78 is 0. The van der Waals surface area contributed by atoms with E-state index in [4.69, 9.17) is 0 Å². The lowest BCUT2D eigenvalue weighted by atomic mass is 9.40. The molecule has 0 aliphatic heterocycles. The number of carbonyl (C=O) groups excluding carboxylic acids is 1. The fourth-order valence-electron chi connectivity index (χ4n) is 7.84. The Morgan fingerprint density at radius 1 is 1.21 bits per heavy atom. The number of rotatable bonds is 1. The maximum Gasteiger partial charge on any atom is 0.309 e. The molecule has 8 atom stereocenters. The summed E-state index contributed by atoms with van der Waals surface area (Å²) in [5.74, 6) is 0.0239. The summed E-state index contributed by atoms with van der Waals surface area (Å²) in [7, 11) is 0. The van der Waals surface area contributed by atoms with Gasteiger partial charge in [0.25, 0.3) is 0 Å². The van der Waals surface area contributed by atoms with Crippen molar-refractivity contribution in [3.8, 4) is 0 Å². The molecule has 4 aliphatic carbocycles. The number of fused-ring (bicyclic) bond motifs is 3. The molecule has 4 rings (SSSR count). The first-order chi connectivity index (χ1) is 11.2. The Bertz CT molecular complexity index is 600. The maximum atomic E-state index is 13.2. The molecule has 0 saturated heterocycles. The predicted octanol–water partition coefficient (Wildman–Crippen LogP) is 3.27. The molecule has 0 aromatic heterocycles. The van der Waals surface area contributed by atoms with Gasteiger partial charge in [0.05, 0.1) is 11.5 Å². The molecule has 134 valence electrons. The van der Waals surface area contributed by atoms with E-state index in [9.17, 15) is 19.8 Å². The third-order valence-corrected chi connectivity index (χ3v) is 8.82. The van der Waals surface area contributed by atoms with Gasteiger partial charge in [0.1, 0.15) is 5.78 Å². The largest absolute Gasteiger partial charge is 0.481 e. The Kier molecular flexibility index (Phi) is 3.34. The van der Waals surface area contributed by atoms with Crippen molar-refractivity contribution in [1.82, 2.24) is 0 Å². The number of hydrogen-bond acceptors (Lipinski definition) is 3. The van der Waals surface area contributed by atoms with Crippen LogP contribution in [0.5, 0.6) is 0 Å². The standard InChI is InChI=1S/C20H30O4/c1-11-12-9-13(21)15-18(2)6-4-7-19(3,17(23)24)14(18)5-8-20(15,10-12)16(11)22/h11-15,21H,4-10H2,1-3H3,(H,23,24). The molecule has 0 heterocycles. The molecule has 0 radical (unpaired) electrons. The fraction of sp³-hybridized carbons (Fsp3) is 0.900. The van der Waals surface area contributed by atoms with Crippen LogP contribution in [0.2, 0.25) is 0 Å². The fourth-order valence-corrected chi connectivity index (χ4v) is 7.84. The van der Waals surface area contributed by atoms with E-state index in [2.05, 4.69) is 6.92 Å². The molecule has 1 spiro atoms. The number of ketones is 1. The van der Waals surface area contributed by atoms with Gasteiger partial charge < -0.3 is 10.2 Å². The smallest absolute Gasteiger partial charge is 0.309 e. The monoisotopic (exact) mass is 334 g/mol. The van der Waals surface area contributed by atoms with Gasteiger partial charge in [-0.25, -0.2) is 0 Å². The summed E-state index contributed by atoms with van der Waals surface area (Å²) >= 11 is 0. The minimum atomic E-state index is -0.724. The lowest BCUT2D eigenvalue weighted by Gasteiger charge is -2.63. The zero-order chi connectivity index (χ0) is 17.5. The molecule has 4 nitrogen and oxygen atoms in total. The Labute approximate surface area is 144 Å². The van der Waals surface area contributed by atoms with Gasteiger partial charge in [0, 0.05) is 17.3 Å². The molecule has 4 heteroatoms. The van der Waals surface area contributed by atoms with E-state index in [1.165, 1.54) is 0 Å². The van der Waals surface area contributed by atoms with Crippen LogP contribution in [-0.4, -0.2) is 28.1 Å². The molecule has 0 aromatic carbocycles. The van der Waals surface area contributed by atoms with Crippen LogP contribution in [0, 0.1) is 39.9 Å². The first-order valence-corrected chi connectivity index (χ1v) is 9.62. The second kappa shape index (κ2) is 4.84. The summed E-state index contributed by atoms with van der Waals surface area (Å²) in [6.45, 7) is 6.11. The minimum Gasteiger partial charge on any atom is -0.481 e. The van der Waals surface area contributed by atoms with Crippen LogP contribution in [0.15, 0.2) is 0 Å². The summed E-state index contributed by atoms with van der Waals surface area (Å²) in [4.78, 5) is 25.2. The van der Waals surface area contributed by atoms with Crippen LogP contribution in [-0.2, 0) is 9.59 Å². The van der Waals surface area contributed by atoms with Crippen LogP contribution in [0.3, 0.4) is 0 Å². The molecule has 0 amide bonds. The van der Waals surface area contributed by atoms with Crippen molar-refractivity contribution in [2.24, 2.45) is 39.9 Å². The first kappa shape index (κ1) is 16.6. The second-order valence-electron chi connectivity index (χ2n) is 9.73. The number of Topliss-reactive ketones (excluding diaryl/α,β-unsaturated/α-hetero) is 1. The van der Waals surface area contributed by atoms with Gasteiger partial charge in [-0.05, 0) is 62.7 Å². The number of aliphatic carboxylic acids is 1. The van der Waals surface area contributed by atoms with Gasteiger partial charge in [0.2, 0.25) is 0 Å². The van der Waals surface area contributed by atoms with Crippen LogP contribution in [0.4, 0.5) is 0 Å². The molecule has 4 saturated carbocycles. The first-order valence-electron chi connectivity index (χ1n) is 9.62. The number of carboxylic acid groups (broad SMARTS) is 1. The molecule has 8 unspecified atom stereocenters. The van der Waals surface area contributed by atoms with Gasteiger partial charge in [-0.3, -0.25) is 9.59 Å². The SMILES string of the molecule is CC1C(=O)C23CCC4C(C)(C(=O)O)CCCC4(C)C2C(O)CC1C3. The molecule has 2 N–H and O–H groups in total. The van der Waals surface area contributed by atoms with Crippen LogP contribution in [0.25, 0.3) is 0 Å². The van der Waals surface area contributed by atoms with Crippen molar-refractivity contribution in [2.45, 2.75) is 71.8 Å². The number of carboxylic acids is 1. The van der Waals surface area contributed by atoms with E-state index in [0.717, 1.165) is 32.1 Å². The molecule has 2 bridgehead atoms. The van der Waals surface area contributed by atoms with E-state index in [-0.39, 0.29) is 28.6 Å². The summed E-state index contributed by atoms with van der Waals surface area (Å²) in [6.07, 6.45) is 5.29. The second-order valence-corrected chi connectivity index (χ2v) is 9.73. The van der Waals surface area contributed by atoms with Gasteiger partial charge >= 0.3 is 5.97 Å². The summed E-state index contributed by atoms with van der Waals surface area (Å²) in [6, 6.07) is 0. The van der Waals surface area contributed by atoms with Crippen molar-refractivity contribution in [3.05, 3.63) is 0 Å². The molecular formula is C20H30O4. The quantitative estimate of drug-likeness (QED) is 0.772. The van der Waals surface area contributed by atoms with E-state index in [1.807, 2.05) is 13.8 Å². The van der Waals surface area contributed by atoms with Crippen molar-refractivity contribution < 1.29 is 19.8 Å².